The van der Waals surface area contributed by atoms with E-state index in [-0.39, 0.29) is 5.75 Å². The van der Waals surface area contributed by atoms with Gasteiger partial charge in [0.25, 0.3) is 0 Å². The van der Waals surface area contributed by atoms with Crippen LogP contribution in [0.15, 0.2) is 53.3 Å². The number of nitrogens with one attached hydrogen (secondary N) is 1. The van der Waals surface area contributed by atoms with Crippen molar-refractivity contribution >= 4 is 22.4 Å². The molecule has 0 aliphatic carbocycles. The van der Waals surface area contributed by atoms with Crippen molar-refractivity contribution in [2.24, 2.45) is 0 Å². The zero-order valence-corrected chi connectivity index (χ0v) is 14.8. The number of methoxy groups -OCH3 is 1. The minimum absolute atomic E-state index is 0.328. The number of anilines is 2. The van der Waals surface area contributed by atoms with E-state index in [1.54, 1.807) is 19.2 Å². The number of halogens is 3. The third-order valence-corrected chi connectivity index (χ3v) is 4.30. The predicted octanol–water partition coefficient (Wildman–Crippen LogP) is 4.00. The highest BCUT2D eigenvalue weighted by Gasteiger charge is 2.30. The van der Waals surface area contributed by atoms with Gasteiger partial charge in [-0.2, -0.15) is 4.98 Å². The highest BCUT2D eigenvalue weighted by atomic mass is 32.1. The lowest BCUT2D eigenvalue weighted by Crippen LogP contribution is -2.17. The van der Waals surface area contributed by atoms with E-state index >= 15 is 0 Å². The standard InChI is InChI=1S/C17H14F3N3O3S/c1-25-13-6-2-11(3-7-13)10-23-16(24)22-15(27-23)21-12-4-8-14(9-5-12)26-17(18,19)20/h2-9H,10H2,1H3,(H,21,22,24). The summed E-state index contributed by atoms with van der Waals surface area (Å²) in [5.41, 5.74) is 0.965. The van der Waals surface area contributed by atoms with Crippen molar-refractivity contribution in [3.05, 3.63) is 64.6 Å². The molecule has 1 heterocycles. The minimum atomic E-state index is -4.74. The van der Waals surface area contributed by atoms with Crippen LogP contribution in [0.4, 0.5) is 24.0 Å². The molecule has 1 N–H and O–H groups in total. The molecule has 6 nitrogen and oxygen atoms in total. The quantitative estimate of drug-likeness (QED) is 0.681. The molecule has 2 aromatic carbocycles. The van der Waals surface area contributed by atoms with Crippen LogP contribution >= 0.6 is 11.5 Å². The average Bonchev–Trinajstić information content (AvgIpc) is 2.95. The monoisotopic (exact) mass is 397 g/mol. The molecular formula is C17H14F3N3O3S. The van der Waals surface area contributed by atoms with E-state index in [0.717, 1.165) is 22.8 Å². The summed E-state index contributed by atoms with van der Waals surface area (Å²) in [5, 5.41) is 3.22. The van der Waals surface area contributed by atoms with E-state index in [9.17, 15) is 18.0 Å². The summed E-state index contributed by atoms with van der Waals surface area (Å²) < 4.78 is 46.9. The van der Waals surface area contributed by atoms with Crippen molar-refractivity contribution in [2.45, 2.75) is 12.9 Å². The van der Waals surface area contributed by atoms with E-state index in [1.807, 2.05) is 12.1 Å². The second kappa shape index (κ2) is 7.70. The Balaban J connectivity index is 1.68. The lowest BCUT2D eigenvalue weighted by molar-refractivity contribution is -0.274. The Labute approximate surface area is 156 Å². The van der Waals surface area contributed by atoms with Crippen LogP contribution in [-0.2, 0) is 6.54 Å². The number of alkyl halides is 3. The Morgan fingerprint density at radius 3 is 2.30 bits per heavy atom. The molecule has 1 aromatic heterocycles. The fraction of sp³-hybridized carbons (Fsp3) is 0.176. The van der Waals surface area contributed by atoms with E-state index in [4.69, 9.17) is 4.74 Å². The van der Waals surface area contributed by atoms with Crippen LogP contribution in [0.3, 0.4) is 0 Å². The Morgan fingerprint density at radius 2 is 1.70 bits per heavy atom. The number of rotatable bonds is 6. The van der Waals surface area contributed by atoms with Crippen LogP contribution in [0.5, 0.6) is 11.5 Å². The van der Waals surface area contributed by atoms with E-state index in [1.165, 1.54) is 28.2 Å². The topological polar surface area (TPSA) is 65.4 Å². The molecule has 0 aliphatic rings. The number of ether oxygens (including phenoxy) is 2. The molecule has 0 unspecified atom stereocenters. The third-order valence-electron chi connectivity index (χ3n) is 3.43. The molecule has 3 rings (SSSR count). The SMILES string of the molecule is COc1ccc(Cn2sc(Nc3ccc(OC(F)(F)F)cc3)nc2=O)cc1. The fourth-order valence-electron chi connectivity index (χ4n) is 2.22. The Hall–Kier alpha value is -3.01. The van der Waals surface area contributed by atoms with Gasteiger partial charge in [-0.25, -0.2) is 8.75 Å². The molecule has 0 atom stereocenters. The summed E-state index contributed by atoms with van der Waals surface area (Å²) in [6.07, 6.45) is -4.74. The van der Waals surface area contributed by atoms with Gasteiger partial charge in [-0.05, 0) is 53.5 Å². The first-order valence-corrected chi connectivity index (χ1v) is 8.44. The molecule has 10 heteroatoms. The van der Waals surface area contributed by atoms with Crippen molar-refractivity contribution in [1.82, 2.24) is 8.94 Å². The molecule has 0 spiro atoms. The van der Waals surface area contributed by atoms with Gasteiger partial charge in [0.05, 0.1) is 13.7 Å². The molecule has 0 saturated heterocycles. The Kier molecular flexibility index (Phi) is 5.36. The summed E-state index contributed by atoms with van der Waals surface area (Å²) in [6, 6.07) is 12.4. The van der Waals surface area contributed by atoms with Crippen LogP contribution in [0.25, 0.3) is 0 Å². The zero-order chi connectivity index (χ0) is 19.4. The molecular weight excluding hydrogens is 383 g/mol. The molecule has 0 amide bonds. The first kappa shape index (κ1) is 18.8. The van der Waals surface area contributed by atoms with Crippen molar-refractivity contribution < 1.29 is 22.6 Å². The fourth-order valence-corrected chi connectivity index (χ4v) is 3.04. The molecule has 0 saturated carbocycles. The van der Waals surface area contributed by atoms with Gasteiger partial charge in [0.15, 0.2) is 0 Å². The van der Waals surface area contributed by atoms with Crippen LogP contribution in [-0.4, -0.2) is 22.4 Å². The van der Waals surface area contributed by atoms with Crippen LogP contribution < -0.4 is 20.5 Å². The van der Waals surface area contributed by atoms with Crippen molar-refractivity contribution in [3.8, 4) is 11.5 Å². The largest absolute Gasteiger partial charge is 0.573 e. The molecule has 0 fully saturated rings. The Morgan fingerprint density at radius 1 is 1.07 bits per heavy atom. The van der Waals surface area contributed by atoms with Gasteiger partial charge < -0.3 is 14.8 Å². The van der Waals surface area contributed by atoms with Gasteiger partial charge >= 0.3 is 12.1 Å². The maximum absolute atomic E-state index is 12.2. The summed E-state index contributed by atoms with van der Waals surface area (Å²) in [4.78, 5) is 15.9. The molecule has 0 bridgehead atoms. The van der Waals surface area contributed by atoms with Crippen LogP contribution in [0.2, 0.25) is 0 Å². The summed E-state index contributed by atoms with van der Waals surface area (Å²) in [6.45, 7) is 0.348. The van der Waals surface area contributed by atoms with Crippen LogP contribution in [0.1, 0.15) is 5.56 Å². The van der Waals surface area contributed by atoms with Crippen LogP contribution in [0, 0.1) is 0 Å². The molecule has 3 aromatic rings. The van der Waals surface area contributed by atoms with Crippen molar-refractivity contribution in [2.75, 3.05) is 12.4 Å². The number of nitrogens with zero attached hydrogens (tertiary/aromatic N) is 2. The maximum Gasteiger partial charge on any atom is 0.573 e. The smallest absolute Gasteiger partial charge is 0.497 e. The molecule has 142 valence electrons. The second-order valence-electron chi connectivity index (χ2n) is 5.37. The van der Waals surface area contributed by atoms with E-state index in [2.05, 4.69) is 15.0 Å². The lowest BCUT2D eigenvalue weighted by Gasteiger charge is -2.09. The average molecular weight is 397 g/mol. The summed E-state index contributed by atoms with van der Waals surface area (Å²) in [5.74, 6) is 0.391. The molecule has 0 radical (unpaired) electrons. The highest BCUT2D eigenvalue weighted by molar-refractivity contribution is 7.10. The third kappa shape index (κ3) is 5.23. The van der Waals surface area contributed by atoms with Crippen molar-refractivity contribution in [3.63, 3.8) is 0 Å². The normalized spacial score (nSPS) is 11.3. The first-order chi connectivity index (χ1) is 12.8. The van der Waals surface area contributed by atoms with Gasteiger partial charge in [0, 0.05) is 5.69 Å². The second-order valence-corrected chi connectivity index (χ2v) is 6.38. The molecule has 27 heavy (non-hydrogen) atoms. The van der Waals surface area contributed by atoms with Gasteiger partial charge in [0.1, 0.15) is 11.5 Å². The summed E-state index contributed by atoms with van der Waals surface area (Å²) >= 11 is 1.11. The summed E-state index contributed by atoms with van der Waals surface area (Å²) in [7, 11) is 1.57. The zero-order valence-electron chi connectivity index (χ0n) is 14.0. The van der Waals surface area contributed by atoms with Gasteiger partial charge in [-0.1, -0.05) is 12.1 Å². The maximum atomic E-state index is 12.2. The predicted molar refractivity (Wildman–Crippen MR) is 94.9 cm³/mol. The number of aromatic nitrogens is 2. The number of hydrogen-bond acceptors (Lipinski definition) is 6. The van der Waals surface area contributed by atoms with E-state index < -0.39 is 12.1 Å². The highest BCUT2D eigenvalue weighted by Crippen LogP contribution is 2.25. The minimum Gasteiger partial charge on any atom is -0.497 e. The van der Waals surface area contributed by atoms with Crippen molar-refractivity contribution in [1.29, 1.82) is 0 Å². The van der Waals surface area contributed by atoms with E-state index in [0.29, 0.717) is 17.4 Å². The Bertz CT molecular complexity index is 951. The molecule has 0 aliphatic heterocycles. The number of hydrogen-bond donors (Lipinski definition) is 1. The van der Waals surface area contributed by atoms with Gasteiger partial charge in [-0.3, -0.25) is 0 Å². The van der Waals surface area contributed by atoms with Gasteiger partial charge in [0.2, 0.25) is 5.13 Å². The first-order valence-electron chi connectivity index (χ1n) is 7.66. The number of benzene rings is 2. The van der Waals surface area contributed by atoms with Gasteiger partial charge in [-0.15, -0.1) is 13.2 Å². The lowest BCUT2D eigenvalue weighted by atomic mass is 10.2.